The van der Waals surface area contributed by atoms with Gasteiger partial charge in [-0.3, -0.25) is 14.4 Å². The van der Waals surface area contributed by atoms with Gasteiger partial charge < -0.3 is 10.2 Å². The second kappa shape index (κ2) is 11.3. The summed E-state index contributed by atoms with van der Waals surface area (Å²) in [6.45, 7) is 0. The van der Waals surface area contributed by atoms with Crippen LogP contribution in [0.4, 0.5) is 0 Å². The van der Waals surface area contributed by atoms with Gasteiger partial charge in [0, 0.05) is 18.5 Å². The molecule has 5 nitrogen and oxygen atoms in total. The lowest BCUT2D eigenvalue weighted by molar-refractivity contribution is -0.140. The fourth-order valence-electron chi connectivity index (χ4n) is 5.71. The van der Waals surface area contributed by atoms with E-state index in [-0.39, 0.29) is 24.0 Å². The zero-order valence-corrected chi connectivity index (χ0v) is 21.2. The molecule has 5 heteroatoms. The number of rotatable bonds is 7. The van der Waals surface area contributed by atoms with E-state index < -0.39 is 23.9 Å². The van der Waals surface area contributed by atoms with Crippen molar-refractivity contribution in [3.63, 3.8) is 0 Å². The van der Waals surface area contributed by atoms with Crippen LogP contribution >= 0.6 is 0 Å². The van der Waals surface area contributed by atoms with E-state index in [2.05, 4.69) is 5.32 Å². The van der Waals surface area contributed by atoms with Gasteiger partial charge in [0.25, 0.3) is 0 Å². The highest BCUT2D eigenvalue weighted by molar-refractivity contribution is 6.02. The fraction of sp³-hybridized carbons (Fsp3) is 0.182. The molecule has 0 bridgehead atoms. The summed E-state index contributed by atoms with van der Waals surface area (Å²) in [6, 6.07) is 36.4. The molecule has 1 fully saturated rings. The minimum Gasteiger partial charge on any atom is -0.357 e. The predicted octanol–water partition coefficient (Wildman–Crippen LogP) is 5.21. The molecule has 0 spiro atoms. The van der Waals surface area contributed by atoms with Gasteiger partial charge in [-0.25, -0.2) is 0 Å². The largest absolute Gasteiger partial charge is 0.357 e. The molecule has 4 unspecified atom stereocenters. The number of hydrogen-bond donors (Lipinski definition) is 1. The Balaban J connectivity index is 1.72. The minimum atomic E-state index is -0.860. The summed E-state index contributed by atoms with van der Waals surface area (Å²) >= 11 is 0. The highest BCUT2D eigenvalue weighted by Gasteiger charge is 2.57. The monoisotopic (exact) mass is 502 g/mol. The number of hydrogen-bond acceptors (Lipinski definition) is 3. The molecule has 4 atom stereocenters. The minimum absolute atomic E-state index is 0.0859. The first kappa shape index (κ1) is 25.2. The molecule has 4 aromatic rings. The standard InChI is InChI=1S/C33H30N2O3/c1-34-33(38)31-28(24-16-8-3-9-17-24)29(32(37)26-20-12-5-13-21-26)30(25-18-10-4-11-19-25)35(31)27(36)22-23-14-6-2-7-15-23/h2-21,28-31H,22H2,1H3,(H,34,38). The molecule has 1 heterocycles. The van der Waals surface area contributed by atoms with Crippen molar-refractivity contribution in [2.45, 2.75) is 24.4 Å². The lowest BCUT2D eigenvalue weighted by Crippen LogP contribution is -2.48. The lowest BCUT2D eigenvalue weighted by atomic mass is 9.76. The Bertz CT molecular complexity index is 1390. The van der Waals surface area contributed by atoms with Gasteiger partial charge in [0.05, 0.1) is 18.4 Å². The van der Waals surface area contributed by atoms with Crippen molar-refractivity contribution in [1.29, 1.82) is 0 Å². The molecule has 1 N–H and O–H groups in total. The third-order valence-corrected chi connectivity index (χ3v) is 7.35. The van der Waals surface area contributed by atoms with Gasteiger partial charge in [-0.2, -0.15) is 0 Å². The SMILES string of the molecule is CNC(=O)C1C(c2ccccc2)C(C(=O)c2ccccc2)C(c2ccccc2)N1C(=O)Cc1ccccc1. The zero-order valence-electron chi connectivity index (χ0n) is 21.2. The van der Waals surface area contributed by atoms with E-state index in [1.54, 1.807) is 24.1 Å². The van der Waals surface area contributed by atoms with E-state index in [1.165, 1.54) is 0 Å². The molecule has 1 aliphatic heterocycles. The average Bonchev–Trinajstić information content (AvgIpc) is 3.34. The van der Waals surface area contributed by atoms with Crippen LogP contribution in [-0.2, 0) is 16.0 Å². The van der Waals surface area contributed by atoms with Crippen LogP contribution in [0.5, 0.6) is 0 Å². The van der Waals surface area contributed by atoms with Crippen LogP contribution in [0, 0.1) is 5.92 Å². The van der Waals surface area contributed by atoms with Crippen molar-refractivity contribution in [3.05, 3.63) is 144 Å². The first-order chi connectivity index (χ1) is 18.6. The van der Waals surface area contributed by atoms with Crippen LogP contribution < -0.4 is 5.32 Å². The van der Waals surface area contributed by atoms with Crippen molar-refractivity contribution in [2.75, 3.05) is 7.05 Å². The van der Waals surface area contributed by atoms with Crippen molar-refractivity contribution >= 4 is 17.6 Å². The second-order valence-corrected chi connectivity index (χ2v) is 9.57. The fourth-order valence-corrected chi connectivity index (χ4v) is 5.71. The van der Waals surface area contributed by atoms with Crippen molar-refractivity contribution < 1.29 is 14.4 Å². The summed E-state index contributed by atoms with van der Waals surface area (Å²) in [5.41, 5.74) is 3.10. The summed E-state index contributed by atoms with van der Waals surface area (Å²) in [4.78, 5) is 43.8. The Kier molecular flexibility index (Phi) is 7.45. The van der Waals surface area contributed by atoms with Gasteiger partial charge in [0.1, 0.15) is 6.04 Å². The number of carbonyl (C=O) groups excluding carboxylic acids is 3. The molecule has 190 valence electrons. The van der Waals surface area contributed by atoms with Crippen LogP contribution in [0.25, 0.3) is 0 Å². The van der Waals surface area contributed by atoms with Gasteiger partial charge >= 0.3 is 0 Å². The summed E-state index contributed by atoms with van der Waals surface area (Å²) in [7, 11) is 1.58. The van der Waals surface area contributed by atoms with Gasteiger partial charge in [0.2, 0.25) is 11.8 Å². The Morgan fingerprint density at radius 3 is 1.74 bits per heavy atom. The Hall–Kier alpha value is -4.51. The Morgan fingerprint density at radius 1 is 0.684 bits per heavy atom. The first-order valence-corrected chi connectivity index (χ1v) is 12.9. The van der Waals surface area contributed by atoms with Crippen LogP contribution in [0.1, 0.15) is 39.0 Å². The third kappa shape index (κ3) is 4.88. The highest BCUT2D eigenvalue weighted by atomic mass is 16.2. The second-order valence-electron chi connectivity index (χ2n) is 9.57. The molecule has 0 aliphatic carbocycles. The molecule has 5 rings (SSSR count). The Labute approximate surface area is 223 Å². The first-order valence-electron chi connectivity index (χ1n) is 12.9. The maximum atomic E-state index is 14.3. The lowest BCUT2D eigenvalue weighted by Gasteiger charge is -2.31. The normalized spacial score (nSPS) is 20.6. The van der Waals surface area contributed by atoms with Gasteiger partial charge in [-0.1, -0.05) is 121 Å². The molecule has 0 saturated carbocycles. The van der Waals surface area contributed by atoms with Crippen molar-refractivity contribution in [2.24, 2.45) is 5.92 Å². The van der Waals surface area contributed by atoms with Gasteiger partial charge in [-0.15, -0.1) is 0 Å². The van der Waals surface area contributed by atoms with Crippen LogP contribution in [0.15, 0.2) is 121 Å². The molecule has 1 saturated heterocycles. The van der Waals surface area contributed by atoms with E-state index in [0.717, 1.165) is 16.7 Å². The molecule has 2 amide bonds. The molecule has 1 aliphatic rings. The summed E-state index contributed by atoms with van der Waals surface area (Å²) in [5.74, 6) is -1.76. The molecule has 4 aromatic carbocycles. The van der Waals surface area contributed by atoms with E-state index in [0.29, 0.717) is 5.56 Å². The van der Waals surface area contributed by atoms with Crippen molar-refractivity contribution in [3.8, 4) is 0 Å². The summed E-state index contributed by atoms with van der Waals surface area (Å²) in [5, 5.41) is 2.78. The molecule has 38 heavy (non-hydrogen) atoms. The zero-order chi connectivity index (χ0) is 26.5. The molecular formula is C33H30N2O3. The van der Waals surface area contributed by atoms with E-state index in [4.69, 9.17) is 0 Å². The maximum absolute atomic E-state index is 14.3. The number of ketones is 1. The molecular weight excluding hydrogens is 472 g/mol. The van der Waals surface area contributed by atoms with E-state index in [1.807, 2.05) is 109 Å². The van der Waals surface area contributed by atoms with Gasteiger partial charge in [-0.05, 0) is 16.7 Å². The molecule has 0 aromatic heterocycles. The maximum Gasteiger partial charge on any atom is 0.243 e. The average molecular weight is 503 g/mol. The number of likely N-dealkylation sites (tertiary alicyclic amines) is 1. The van der Waals surface area contributed by atoms with Crippen molar-refractivity contribution in [1.82, 2.24) is 10.2 Å². The third-order valence-electron chi connectivity index (χ3n) is 7.35. The number of amides is 2. The van der Waals surface area contributed by atoms with Crippen LogP contribution in [0.3, 0.4) is 0 Å². The highest BCUT2D eigenvalue weighted by Crippen LogP contribution is 2.51. The smallest absolute Gasteiger partial charge is 0.243 e. The number of nitrogens with zero attached hydrogens (tertiary/aromatic N) is 1. The predicted molar refractivity (Wildman–Crippen MR) is 147 cm³/mol. The topological polar surface area (TPSA) is 66.5 Å². The Morgan fingerprint density at radius 2 is 1.18 bits per heavy atom. The molecule has 0 radical (unpaired) electrons. The van der Waals surface area contributed by atoms with E-state index >= 15 is 0 Å². The van der Waals surface area contributed by atoms with Crippen LogP contribution in [-0.4, -0.2) is 35.6 Å². The number of likely N-dealkylation sites (N-methyl/N-ethyl adjacent to an activating group) is 1. The quantitative estimate of drug-likeness (QED) is 0.353. The number of carbonyl (C=O) groups is 3. The van der Waals surface area contributed by atoms with Crippen LogP contribution in [0.2, 0.25) is 0 Å². The van der Waals surface area contributed by atoms with E-state index in [9.17, 15) is 14.4 Å². The number of benzene rings is 4. The summed E-state index contributed by atoms with van der Waals surface area (Å²) < 4.78 is 0. The van der Waals surface area contributed by atoms with Gasteiger partial charge in [0.15, 0.2) is 5.78 Å². The summed E-state index contributed by atoms with van der Waals surface area (Å²) in [6.07, 6.45) is 0.130. The number of nitrogens with one attached hydrogen (secondary N) is 1. The number of Topliss-reactive ketones (excluding diaryl/α,β-unsaturated/α-hetero) is 1.